The Balaban J connectivity index is 1.25. The molecular formula is C26H19N3O4S. The number of aryl methyl sites for hydroxylation is 1. The van der Waals surface area contributed by atoms with Crippen LogP contribution in [0.1, 0.15) is 5.56 Å². The van der Waals surface area contributed by atoms with Crippen LogP contribution in [0.5, 0.6) is 5.75 Å². The second kappa shape index (κ2) is 9.29. The smallest absolute Gasteiger partial charge is 0.336 e. The summed E-state index contributed by atoms with van der Waals surface area (Å²) in [7, 11) is 0. The van der Waals surface area contributed by atoms with Gasteiger partial charge < -0.3 is 14.5 Å². The zero-order valence-electron chi connectivity index (χ0n) is 18.1. The fraction of sp³-hybridized carbons (Fsp3) is 0.0769. The van der Waals surface area contributed by atoms with Crippen molar-refractivity contribution < 1.29 is 13.9 Å². The summed E-state index contributed by atoms with van der Waals surface area (Å²) in [4.78, 5) is 32.8. The van der Waals surface area contributed by atoms with Crippen LogP contribution in [-0.4, -0.2) is 22.5 Å². The molecule has 168 valence electrons. The molecule has 7 nitrogen and oxygen atoms in total. The molecule has 0 fully saturated rings. The Hall–Kier alpha value is -4.30. The zero-order valence-corrected chi connectivity index (χ0v) is 19.0. The molecular weight excluding hydrogens is 450 g/mol. The number of fused-ring (bicyclic) bond motifs is 1. The van der Waals surface area contributed by atoms with E-state index in [0.29, 0.717) is 17.0 Å². The second-order valence-corrected chi connectivity index (χ2v) is 8.46. The van der Waals surface area contributed by atoms with Gasteiger partial charge in [0.2, 0.25) is 0 Å². The summed E-state index contributed by atoms with van der Waals surface area (Å²) in [5.74, 6) is 0.134. The van der Waals surface area contributed by atoms with E-state index in [2.05, 4.69) is 10.3 Å². The largest absolute Gasteiger partial charge is 0.484 e. The van der Waals surface area contributed by atoms with Crippen LogP contribution >= 0.6 is 11.3 Å². The van der Waals surface area contributed by atoms with Gasteiger partial charge in [-0.25, -0.2) is 9.78 Å². The Morgan fingerprint density at radius 3 is 2.76 bits per heavy atom. The molecule has 3 heterocycles. The maximum absolute atomic E-state index is 12.5. The number of rotatable bonds is 6. The van der Waals surface area contributed by atoms with Crippen LogP contribution in [0.3, 0.4) is 0 Å². The average molecular weight is 470 g/mol. The number of benzene rings is 2. The number of pyridine rings is 1. The van der Waals surface area contributed by atoms with Gasteiger partial charge in [-0.15, -0.1) is 11.3 Å². The molecule has 0 aliphatic carbocycles. The summed E-state index contributed by atoms with van der Waals surface area (Å²) < 4.78 is 10.8. The van der Waals surface area contributed by atoms with Gasteiger partial charge in [0.1, 0.15) is 16.3 Å². The molecule has 0 aliphatic rings. The van der Waals surface area contributed by atoms with Crippen LogP contribution in [0.2, 0.25) is 0 Å². The topological polar surface area (TPSA) is 94.3 Å². The molecule has 1 N–H and O–H groups in total. The van der Waals surface area contributed by atoms with E-state index in [4.69, 9.17) is 14.1 Å². The summed E-state index contributed by atoms with van der Waals surface area (Å²) in [5.41, 5.74) is 4.20. The van der Waals surface area contributed by atoms with E-state index < -0.39 is 5.63 Å². The normalized spacial score (nSPS) is 10.9. The third-order valence-electron chi connectivity index (χ3n) is 5.17. The van der Waals surface area contributed by atoms with Crippen molar-refractivity contribution in [1.29, 1.82) is 0 Å². The lowest BCUT2D eigenvalue weighted by molar-refractivity contribution is -0.118. The van der Waals surface area contributed by atoms with Gasteiger partial charge in [0, 0.05) is 52.1 Å². The maximum atomic E-state index is 12.5. The average Bonchev–Trinajstić information content (AvgIpc) is 3.34. The number of amides is 1. The van der Waals surface area contributed by atoms with E-state index in [9.17, 15) is 9.59 Å². The van der Waals surface area contributed by atoms with Crippen LogP contribution < -0.4 is 15.7 Å². The number of anilines is 1. The number of hydrogen-bond acceptors (Lipinski definition) is 7. The van der Waals surface area contributed by atoms with Crippen molar-refractivity contribution in [3.63, 3.8) is 0 Å². The molecule has 1 amide bonds. The van der Waals surface area contributed by atoms with Crippen LogP contribution in [-0.2, 0) is 4.79 Å². The maximum Gasteiger partial charge on any atom is 0.336 e. The van der Waals surface area contributed by atoms with Crippen molar-refractivity contribution in [2.45, 2.75) is 6.92 Å². The number of aromatic nitrogens is 2. The molecule has 2 aromatic carbocycles. The molecule has 0 spiro atoms. The minimum atomic E-state index is -0.423. The molecule has 0 bridgehead atoms. The van der Waals surface area contributed by atoms with Gasteiger partial charge in [0.15, 0.2) is 6.61 Å². The minimum absolute atomic E-state index is 0.186. The fourth-order valence-corrected chi connectivity index (χ4v) is 4.37. The Labute approximate surface area is 198 Å². The summed E-state index contributed by atoms with van der Waals surface area (Å²) in [6, 6.07) is 17.9. The van der Waals surface area contributed by atoms with Gasteiger partial charge in [-0.1, -0.05) is 12.1 Å². The van der Waals surface area contributed by atoms with Crippen LogP contribution in [0.25, 0.3) is 32.8 Å². The van der Waals surface area contributed by atoms with Gasteiger partial charge >= 0.3 is 5.63 Å². The number of ether oxygens (including phenoxy) is 1. The van der Waals surface area contributed by atoms with Crippen molar-refractivity contribution in [3.8, 4) is 27.6 Å². The lowest BCUT2D eigenvalue weighted by atomic mass is 10.1. The number of nitrogens with one attached hydrogen (secondary N) is 1. The highest BCUT2D eigenvalue weighted by Gasteiger charge is 2.10. The Morgan fingerprint density at radius 1 is 1.06 bits per heavy atom. The third-order valence-corrected chi connectivity index (χ3v) is 6.06. The van der Waals surface area contributed by atoms with Gasteiger partial charge in [-0.3, -0.25) is 9.78 Å². The minimum Gasteiger partial charge on any atom is -0.484 e. The van der Waals surface area contributed by atoms with E-state index in [1.54, 1.807) is 41.9 Å². The number of nitrogens with zero attached hydrogens (tertiary/aromatic N) is 2. The lowest BCUT2D eigenvalue weighted by Gasteiger charge is -2.09. The number of hydrogen-bond donors (Lipinski definition) is 1. The summed E-state index contributed by atoms with van der Waals surface area (Å²) in [6.45, 7) is 1.65. The molecule has 0 unspecified atom stereocenters. The Morgan fingerprint density at radius 2 is 1.91 bits per heavy atom. The molecule has 0 radical (unpaired) electrons. The standard InChI is InChI=1S/C26H19N3O4S/c1-16-11-25(31)33-23-13-20(5-6-21(16)23)32-14-24(30)28-19-4-2-3-18(12-19)22-15-34-26(29-22)17-7-9-27-10-8-17/h2-13,15H,14H2,1H3,(H,28,30). The number of thiazole rings is 1. The highest BCUT2D eigenvalue weighted by atomic mass is 32.1. The van der Waals surface area contributed by atoms with Gasteiger partial charge in [-0.2, -0.15) is 0 Å². The van der Waals surface area contributed by atoms with Crippen molar-refractivity contribution in [2.75, 3.05) is 11.9 Å². The first-order chi connectivity index (χ1) is 16.5. The number of carbonyl (C=O) groups excluding carboxylic acids is 1. The van der Waals surface area contributed by atoms with Crippen molar-refractivity contribution in [2.24, 2.45) is 0 Å². The predicted molar refractivity (Wildman–Crippen MR) is 132 cm³/mol. The Bertz CT molecular complexity index is 1540. The highest BCUT2D eigenvalue weighted by molar-refractivity contribution is 7.13. The first kappa shape index (κ1) is 21.5. The zero-order chi connectivity index (χ0) is 23.5. The predicted octanol–water partition coefficient (Wildman–Crippen LogP) is 5.30. The second-order valence-electron chi connectivity index (χ2n) is 7.60. The molecule has 3 aromatic heterocycles. The molecule has 5 aromatic rings. The summed E-state index contributed by atoms with van der Waals surface area (Å²) in [6.07, 6.45) is 3.48. The number of carbonyl (C=O) groups is 1. The van der Waals surface area contributed by atoms with Crippen LogP contribution in [0, 0.1) is 6.92 Å². The van der Waals surface area contributed by atoms with Crippen molar-refractivity contribution in [3.05, 3.63) is 94.4 Å². The monoisotopic (exact) mass is 469 g/mol. The quantitative estimate of drug-likeness (QED) is 0.339. The SMILES string of the molecule is Cc1cc(=O)oc2cc(OCC(=O)Nc3cccc(-c4csc(-c5ccncc5)n4)c3)ccc12. The van der Waals surface area contributed by atoms with E-state index in [1.807, 2.05) is 48.7 Å². The van der Waals surface area contributed by atoms with Crippen molar-refractivity contribution in [1.82, 2.24) is 9.97 Å². The fourth-order valence-electron chi connectivity index (χ4n) is 3.53. The van der Waals surface area contributed by atoms with E-state index in [0.717, 1.165) is 32.8 Å². The van der Waals surface area contributed by atoms with Crippen LogP contribution in [0.15, 0.2) is 87.6 Å². The molecule has 5 rings (SSSR count). The third kappa shape index (κ3) is 4.72. The van der Waals surface area contributed by atoms with Gasteiger partial charge in [-0.05, 0) is 48.9 Å². The first-order valence-corrected chi connectivity index (χ1v) is 11.4. The molecule has 0 saturated carbocycles. The molecule has 8 heteroatoms. The van der Waals surface area contributed by atoms with Gasteiger partial charge in [0.05, 0.1) is 5.69 Å². The Kier molecular flexibility index (Phi) is 5.88. The molecule has 0 saturated heterocycles. The molecule has 0 atom stereocenters. The van der Waals surface area contributed by atoms with E-state index >= 15 is 0 Å². The lowest BCUT2D eigenvalue weighted by Crippen LogP contribution is -2.20. The van der Waals surface area contributed by atoms with Crippen molar-refractivity contribution >= 4 is 33.9 Å². The molecule has 34 heavy (non-hydrogen) atoms. The van der Waals surface area contributed by atoms with Gasteiger partial charge in [0.25, 0.3) is 5.91 Å². The summed E-state index contributed by atoms with van der Waals surface area (Å²) in [5, 5.41) is 6.56. The van der Waals surface area contributed by atoms with Crippen LogP contribution in [0.4, 0.5) is 5.69 Å². The highest BCUT2D eigenvalue weighted by Crippen LogP contribution is 2.29. The first-order valence-electron chi connectivity index (χ1n) is 10.5. The molecule has 0 aliphatic heterocycles. The summed E-state index contributed by atoms with van der Waals surface area (Å²) >= 11 is 1.55. The van der Waals surface area contributed by atoms with E-state index in [-0.39, 0.29) is 12.5 Å². The van der Waals surface area contributed by atoms with E-state index in [1.165, 1.54) is 6.07 Å².